The molecule has 2 atom stereocenters. The Morgan fingerprint density at radius 2 is 1.97 bits per heavy atom. The molecule has 12 heteroatoms. The third kappa shape index (κ3) is 4.71. The number of carbonyl (C=O) groups is 2. The monoisotopic (exact) mass is 481 g/mol. The zero-order valence-electron chi connectivity index (χ0n) is 17.5. The molecule has 0 radical (unpaired) electrons. The zero-order valence-corrected chi connectivity index (χ0v) is 18.3. The van der Waals surface area contributed by atoms with E-state index in [-0.39, 0.29) is 35.6 Å². The van der Waals surface area contributed by atoms with Gasteiger partial charge in [0.15, 0.2) is 5.75 Å². The van der Waals surface area contributed by atoms with Gasteiger partial charge in [0, 0.05) is 11.3 Å². The molecule has 11 nitrogen and oxygen atoms in total. The highest BCUT2D eigenvalue weighted by molar-refractivity contribution is 7.88. The Hall–Kier alpha value is -4.32. The van der Waals surface area contributed by atoms with E-state index in [9.17, 15) is 18.0 Å². The van der Waals surface area contributed by atoms with Gasteiger partial charge in [0.1, 0.15) is 11.6 Å². The Labute approximate surface area is 194 Å². The van der Waals surface area contributed by atoms with Crippen LogP contribution in [0.15, 0.2) is 77.4 Å². The second-order valence-electron chi connectivity index (χ2n) is 7.58. The van der Waals surface area contributed by atoms with E-state index in [0.717, 1.165) is 0 Å². The molecule has 4 N–H and O–H groups in total. The van der Waals surface area contributed by atoms with Crippen LogP contribution in [0, 0.1) is 0 Å². The number of anilines is 1. The summed E-state index contributed by atoms with van der Waals surface area (Å²) < 4.78 is 35.2. The Bertz CT molecular complexity index is 1350. The van der Waals surface area contributed by atoms with E-state index in [4.69, 9.17) is 8.92 Å². The molecule has 1 aliphatic carbocycles. The summed E-state index contributed by atoms with van der Waals surface area (Å²) in [5.74, 6) is 0.661. The van der Waals surface area contributed by atoms with E-state index in [2.05, 4.69) is 25.7 Å². The molecule has 0 saturated heterocycles. The van der Waals surface area contributed by atoms with Crippen molar-refractivity contribution in [3.63, 3.8) is 0 Å². The van der Waals surface area contributed by atoms with E-state index < -0.39 is 22.3 Å². The minimum absolute atomic E-state index is 0.0658. The van der Waals surface area contributed by atoms with Gasteiger partial charge in [-0.05, 0) is 42.5 Å². The van der Waals surface area contributed by atoms with Gasteiger partial charge in [-0.15, -0.1) is 0 Å². The number of amidine groups is 1. The molecule has 2 aliphatic heterocycles. The number of hydrogen-bond acceptors (Lipinski definition) is 8. The molecule has 2 heterocycles. The van der Waals surface area contributed by atoms with Gasteiger partial charge in [-0.1, -0.05) is 24.3 Å². The normalized spacial score (nSPS) is 20.9. The van der Waals surface area contributed by atoms with Crippen LogP contribution in [0.4, 0.5) is 10.5 Å². The number of nitrogens with zero attached hydrogens (tertiary/aromatic N) is 1. The number of ether oxygens (including phenoxy) is 1. The van der Waals surface area contributed by atoms with Crippen LogP contribution in [-0.4, -0.2) is 44.9 Å². The van der Waals surface area contributed by atoms with Gasteiger partial charge in [-0.3, -0.25) is 15.1 Å². The Balaban J connectivity index is 1.14. The number of amides is 2. The third-order valence-corrected chi connectivity index (χ3v) is 6.00. The Morgan fingerprint density at radius 3 is 2.79 bits per heavy atom. The van der Waals surface area contributed by atoms with Crippen LogP contribution < -0.4 is 29.6 Å². The molecular formula is C22H19N5O6S. The predicted molar refractivity (Wildman–Crippen MR) is 123 cm³/mol. The van der Waals surface area contributed by atoms with Crippen LogP contribution in [0.5, 0.6) is 11.5 Å². The fourth-order valence-electron chi connectivity index (χ4n) is 3.61. The fraction of sp³-hybridized carbons (Fsp3) is 0.136. The lowest BCUT2D eigenvalue weighted by Gasteiger charge is -2.18. The molecule has 3 aliphatic rings. The Kier molecular flexibility index (Phi) is 5.42. The summed E-state index contributed by atoms with van der Waals surface area (Å²) in [7, 11) is -3.87. The topological polar surface area (TPSA) is 147 Å². The summed E-state index contributed by atoms with van der Waals surface area (Å²) in [6.07, 6.45) is 4.80. The lowest BCUT2D eigenvalue weighted by molar-refractivity contribution is 0.0958. The molecule has 2 aromatic carbocycles. The molecule has 5 rings (SSSR count). The molecule has 2 aromatic rings. The van der Waals surface area contributed by atoms with Gasteiger partial charge in [-0.2, -0.15) is 8.42 Å². The van der Waals surface area contributed by atoms with E-state index >= 15 is 0 Å². The van der Waals surface area contributed by atoms with Gasteiger partial charge in [0.2, 0.25) is 0 Å². The van der Waals surface area contributed by atoms with Crippen molar-refractivity contribution in [1.82, 2.24) is 16.0 Å². The van der Waals surface area contributed by atoms with Crippen LogP contribution in [-0.2, 0) is 10.3 Å². The maximum absolute atomic E-state index is 12.5. The number of aliphatic imine (C=N–C) groups is 1. The van der Waals surface area contributed by atoms with Crippen LogP contribution in [0.3, 0.4) is 0 Å². The summed E-state index contributed by atoms with van der Waals surface area (Å²) in [6, 6.07) is 12.7. The van der Waals surface area contributed by atoms with E-state index in [1.54, 1.807) is 30.3 Å². The van der Waals surface area contributed by atoms with Crippen molar-refractivity contribution >= 4 is 33.8 Å². The minimum atomic E-state index is -3.87. The van der Waals surface area contributed by atoms with Crippen molar-refractivity contribution in [2.75, 3.05) is 11.3 Å². The molecule has 34 heavy (non-hydrogen) atoms. The van der Waals surface area contributed by atoms with Crippen LogP contribution in [0.1, 0.15) is 10.4 Å². The van der Waals surface area contributed by atoms with Gasteiger partial charge in [-0.25, -0.2) is 9.52 Å². The highest BCUT2D eigenvalue weighted by Gasteiger charge is 2.29. The number of fused-ring (bicyclic) bond motifs is 2. The van der Waals surface area contributed by atoms with Crippen molar-refractivity contribution in [3.05, 3.63) is 78.0 Å². The molecule has 0 aromatic heterocycles. The number of para-hydroxylation sites is 1. The average Bonchev–Trinajstić information content (AvgIpc) is 3.35. The molecule has 174 valence electrons. The van der Waals surface area contributed by atoms with Crippen molar-refractivity contribution in [2.24, 2.45) is 4.99 Å². The maximum atomic E-state index is 12.5. The molecule has 0 spiro atoms. The third-order valence-electron chi connectivity index (χ3n) is 5.13. The van der Waals surface area contributed by atoms with Gasteiger partial charge >= 0.3 is 16.4 Å². The average molecular weight is 481 g/mol. The fourth-order valence-corrected chi connectivity index (χ4v) is 4.46. The molecule has 0 saturated carbocycles. The lowest BCUT2D eigenvalue weighted by Crippen LogP contribution is -2.40. The number of nitrogens with one attached hydrogen (secondary N) is 4. The van der Waals surface area contributed by atoms with Crippen LogP contribution >= 0.6 is 0 Å². The smallest absolute Gasteiger partial charge is 0.410 e. The van der Waals surface area contributed by atoms with Gasteiger partial charge < -0.3 is 19.6 Å². The number of carbonyl (C=O) groups excluding carboxylic acids is 2. The van der Waals surface area contributed by atoms with Crippen molar-refractivity contribution in [3.8, 4) is 11.5 Å². The zero-order chi connectivity index (χ0) is 23.7. The first kappa shape index (κ1) is 21.5. The summed E-state index contributed by atoms with van der Waals surface area (Å²) in [5, 5.41) is 8.63. The van der Waals surface area contributed by atoms with Crippen molar-refractivity contribution < 1.29 is 26.9 Å². The van der Waals surface area contributed by atoms with Crippen molar-refractivity contribution in [2.45, 2.75) is 12.1 Å². The van der Waals surface area contributed by atoms with Crippen molar-refractivity contribution in [1.29, 1.82) is 0 Å². The minimum Gasteiger partial charge on any atom is -0.410 e. The van der Waals surface area contributed by atoms with Gasteiger partial charge in [0.25, 0.3) is 5.91 Å². The SMILES string of the molecule is O=C(NC1=CC2NC(CNC(=O)c3ccc4c(c3)OS(=O)(=O)N4)=NC2C=C1)Oc1ccccc1. The first-order valence-electron chi connectivity index (χ1n) is 10.3. The number of benzene rings is 2. The summed E-state index contributed by atoms with van der Waals surface area (Å²) >= 11 is 0. The van der Waals surface area contributed by atoms with E-state index in [0.29, 0.717) is 17.3 Å². The lowest BCUT2D eigenvalue weighted by atomic mass is 10.0. The molecular weight excluding hydrogens is 462 g/mol. The molecule has 0 bridgehead atoms. The Morgan fingerprint density at radius 1 is 1.15 bits per heavy atom. The van der Waals surface area contributed by atoms with Gasteiger partial charge in [0.05, 0.1) is 24.3 Å². The summed E-state index contributed by atoms with van der Waals surface area (Å²) in [6.45, 7) is 0.140. The highest BCUT2D eigenvalue weighted by Crippen LogP contribution is 2.33. The first-order valence-corrected chi connectivity index (χ1v) is 11.7. The summed E-state index contributed by atoms with van der Waals surface area (Å²) in [4.78, 5) is 29.1. The number of hydrogen-bond donors (Lipinski definition) is 4. The molecule has 2 unspecified atom stereocenters. The molecule has 0 fully saturated rings. The molecule has 2 amide bonds. The second-order valence-corrected chi connectivity index (χ2v) is 8.86. The summed E-state index contributed by atoms with van der Waals surface area (Å²) in [5.41, 5.74) is 1.09. The second kappa shape index (κ2) is 8.56. The standard InChI is InChI=1S/C22H19N5O6S/c28-21(13-6-8-17-19(10-13)33-34(30,31)27-17)23-12-20-25-16-9-7-14(11-18(16)26-20)24-22(29)32-15-4-2-1-3-5-15/h1-11,16,18,27H,12H2,(H,23,28)(H,24,29)(H,25,26). The van der Waals surface area contributed by atoms with E-state index in [1.165, 1.54) is 18.2 Å². The maximum Gasteiger partial charge on any atom is 0.417 e. The largest absolute Gasteiger partial charge is 0.417 e. The highest BCUT2D eigenvalue weighted by atomic mass is 32.2. The number of allylic oxidation sites excluding steroid dienone is 1. The van der Waals surface area contributed by atoms with Crippen LogP contribution in [0.2, 0.25) is 0 Å². The number of rotatable bonds is 5. The van der Waals surface area contributed by atoms with Crippen LogP contribution in [0.25, 0.3) is 0 Å². The van der Waals surface area contributed by atoms with E-state index in [1.807, 2.05) is 18.2 Å². The predicted octanol–water partition coefficient (Wildman–Crippen LogP) is 1.45. The quantitative estimate of drug-likeness (QED) is 0.505. The first-order chi connectivity index (χ1) is 16.3.